The number of nitrogens with one attached hydrogen (secondary N) is 1. The zero-order valence-corrected chi connectivity index (χ0v) is 14.6. The van der Waals surface area contributed by atoms with E-state index in [9.17, 15) is 4.79 Å². The van der Waals surface area contributed by atoms with E-state index in [0.29, 0.717) is 11.8 Å². The molecule has 26 heavy (non-hydrogen) atoms. The first-order valence-electron chi connectivity index (χ1n) is 8.36. The molecule has 0 radical (unpaired) electrons. The van der Waals surface area contributed by atoms with E-state index in [1.54, 1.807) is 6.92 Å². The Labute approximate surface area is 150 Å². The van der Waals surface area contributed by atoms with Crippen molar-refractivity contribution in [3.05, 3.63) is 66.1 Å². The molecule has 0 aliphatic heterocycles. The molecule has 2 heterocycles. The number of carbonyl (C=O) groups is 1. The third-order valence-corrected chi connectivity index (χ3v) is 4.28. The van der Waals surface area contributed by atoms with Gasteiger partial charge >= 0.3 is 0 Å². The topological polar surface area (TPSA) is 73.0 Å². The summed E-state index contributed by atoms with van der Waals surface area (Å²) in [5, 5.41) is 12.0. The van der Waals surface area contributed by atoms with Crippen LogP contribution in [0.5, 0.6) is 0 Å². The number of hydrogen-bond acceptors (Lipinski definition) is 4. The van der Waals surface area contributed by atoms with Gasteiger partial charge in [0.1, 0.15) is 12.2 Å². The van der Waals surface area contributed by atoms with Crippen LogP contribution in [0.3, 0.4) is 0 Å². The maximum Gasteiger partial charge on any atom is 0.264 e. The average Bonchev–Trinajstić information content (AvgIpc) is 3.21. The van der Waals surface area contributed by atoms with Gasteiger partial charge in [-0.1, -0.05) is 36.4 Å². The number of aryl methyl sites for hydroxylation is 2. The Morgan fingerprint density at radius 2 is 1.85 bits per heavy atom. The summed E-state index contributed by atoms with van der Waals surface area (Å²) in [6, 6.07) is 17.5. The first-order valence-corrected chi connectivity index (χ1v) is 8.36. The second kappa shape index (κ2) is 6.48. The lowest BCUT2D eigenvalue weighted by Crippen LogP contribution is -2.19. The standard InChI is InChI=1S/C20H18N4O2/c1-13-7-3-5-9-16(13)21-19(25)12-24-17-10-6-4-8-15(17)11-18(24)20-23-22-14(2)26-20/h3-11H,12H2,1-2H3,(H,21,25). The number of benzene rings is 2. The number of fused-ring (bicyclic) bond motifs is 1. The molecule has 1 N–H and O–H groups in total. The molecule has 0 spiro atoms. The lowest BCUT2D eigenvalue weighted by atomic mass is 10.2. The van der Waals surface area contributed by atoms with Crippen molar-refractivity contribution >= 4 is 22.5 Å². The van der Waals surface area contributed by atoms with Crippen LogP contribution in [0.15, 0.2) is 59.0 Å². The van der Waals surface area contributed by atoms with Gasteiger partial charge in [-0.15, -0.1) is 10.2 Å². The zero-order chi connectivity index (χ0) is 18.1. The molecule has 6 heteroatoms. The lowest BCUT2D eigenvalue weighted by molar-refractivity contribution is -0.116. The van der Waals surface area contributed by atoms with Gasteiger partial charge in [0.05, 0.1) is 0 Å². The van der Waals surface area contributed by atoms with E-state index in [4.69, 9.17) is 4.42 Å². The van der Waals surface area contributed by atoms with Crippen molar-refractivity contribution < 1.29 is 9.21 Å². The van der Waals surface area contributed by atoms with E-state index < -0.39 is 0 Å². The van der Waals surface area contributed by atoms with Gasteiger partial charge in [-0.05, 0) is 30.7 Å². The summed E-state index contributed by atoms with van der Waals surface area (Å²) in [6.07, 6.45) is 0. The quantitative estimate of drug-likeness (QED) is 0.607. The summed E-state index contributed by atoms with van der Waals surface area (Å²) in [6.45, 7) is 3.86. The molecule has 6 nitrogen and oxygen atoms in total. The molecule has 0 saturated carbocycles. The lowest BCUT2D eigenvalue weighted by Gasteiger charge is -2.11. The van der Waals surface area contributed by atoms with Gasteiger partial charge in [0.2, 0.25) is 11.8 Å². The minimum absolute atomic E-state index is 0.113. The highest BCUT2D eigenvalue weighted by Crippen LogP contribution is 2.27. The number of anilines is 1. The monoisotopic (exact) mass is 346 g/mol. The third-order valence-electron chi connectivity index (χ3n) is 4.28. The highest BCUT2D eigenvalue weighted by molar-refractivity contribution is 5.94. The van der Waals surface area contributed by atoms with Crippen LogP contribution in [-0.4, -0.2) is 20.7 Å². The average molecular weight is 346 g/mol. The van der Waals surface area contributed by atoms with Crippen molar-refractivity contribution in [1.82, 2.24) is 14.8 Å². The Morgan fingerprint density at radius 3 is 2.62 bits per heavy atom. The minimum atomic E-state index is -0.113. The number of rotatable bonds is 4. The first-order chi connectivity index (χ1) is 12.6. The van der Waals surface area contributed by atoms with Crippen LogP contribution in [0.25, 0.3) is 22.5 Å². The Bertz CT molecular complexity index is 1090. The van der Waals surface area contributed by atoms with E-state index in [1.807, 2.05) is 66.1 Å². The van der Waals surface area contributed by atoms with Gasteiger partial charge in [0, 0.05) is 23.5 Å². The van der Waals surface area contributed by atoms with E-state index >= 15 is 0 Å². The van der Waals surface area contributed by atoms with Crippen LogP contribution in [0, 0.1) is 13.8 Å². The van der Waals surface area contributed by atoms with E-state index in [2.05, 4.69) is 15.5 Å². The molecule has 4 rings (SSSR count). The smallest absolute Gasteiger partial charge is 0.264 e. The van der Waals surface area contributed by atoms with Crippen molar-refractivity contribution in [1.29, 1.82) is 0 Å². The molecular formula is C20H18N4O2. The Balaban J connectivity index is 1.71. The summed E-state index contributed by atoms with van der Waals surface area (Å²) in [4.78, 5) is 12.7. The normalized spacial score (nSPS) is 11.0. The summed E-state index contributed by atoms with van der Waals surface area (Å²) in [7, 11) is 0. The second-order valence-electron chi connectivity index (χ2n) is 6.16. The largest absolute Gasteiger partial charge is 0.420 e. The number of para-hydroxylation sites is 2. The van der Waals surface area contributed by atoms with Crippen LogP contribution < -0.4 is 5.32 Å². The summed E-state index contributed by atoms with van der Waals surface area (Å²) >= 11 is 0. The van der Waals surface area contributed by atoms with Crippen molar-refractivity contribution in [2.24, 2.45) is 0 Å². The van der Waals surface area contributed by atoms with Gasteiger partial charge in [-0.3, -0.25) is 4.79 Å². The van der Waals surface area contributed by atoms with E-state index in [-0.39, 0.29) is 12.5 Å². The molecule has 0 atom stereocenters. The van der Waals surface area contributed by atoms with Crippen molar-refractivity contribution in [3.8, 4) is 11.6 Å². The molecule has 0 aliphatic carbocycles. The number of hydrogen-bond donors (Lipinski definition) is 1. The molecule has 0 saturated heterocycles. The molecule has 0 aliphatic rings. The fourth-order valence-corrected chi connectivity index (χ4v) is 3.00. The van der Waals surface area contributed by atoms with Crippen molar-refractivity contribution in [2.45, 2.75) is 20.4 Å². The second-order valence-corrected chi connectivity index (χ2v) is 6.16. The predicted molar refractivity (Wildman–Crippen MR) is 99.8 cm³/mol. The van der Waals surface area contributed by atoms with Crippen LogP contribution in [0.1, 0.15) is 11.5 Å². The highest BCUT2D eigenvalue weighted by atomic mass is 16.4. The number of carbonyl (C=O) groups excluding carboxylic acids is 1. The third kappa shape index (κ3) is 2.97. The van der Waals surface area contributed by atoms with Crippen LogP contribution in [-0.2, 0) is 11.3 Å². The molecule has 1 amide bonds. The molecule has 130 valence electrons. The molecule has 0 fully saturated rings. The van der Waals surface area contributed by atoms with Crippen molar-refractivity contribution in [3.63, 3.8) is 0 Å². The van der Waals surface area contributed by atoms with Gasteiger partial charge in [-0.2, -0.15) is 0 Å². The van der Waals surface area contributed by atoms with Gasteiger partial charge in [0.25, 0.3) is 5.89 Å². The van der Waals surface area contributed by atoms with Crippen LogP contribution in [0.4, 0.5) is 5.69 Å². The summed E-state index contributed by atoms with van der Waals surface area (Å²) in [5.74, 6) is 0.779. The SMILES string of the molecule is Cc1nnc(-c2cc3ccccc3n2CC(=O)Nc2ccccc2C)o1. The minimum Gasteiger partial charge on any atom is -0.420 e. The van der Waals surface area contributed by atoms with Gasteiger partial charge < -0.3 is 14.3 Å². The Hall–Kier alpha value is -3.41. The van der Waals surface area contributed by atoms with E-state index in [1.165, 1.54) is 0 Å². The highest BCUT2D eigenvalue weighted by Gasteiger charge is 2.17. The molecule has 4 aromatic rings. The predicted octanol–water partition coefficient (Wildman–Crippen LogP) is 3.95. The Morgan fingerprint density at radius 1 is 1.08 bits per heavy atom. The fourth-order valence-electron chi connectivity index (χ4n) is 3.00. The maximum absolute atomic E-state index is 12.7. The van der Waals surface area contributed by atoms with Crippen molar-refractivity contribution in [2.75, 3.05) is 5.32 Å². The maximum atomic E-state index is 12.7. The van der Waals surface area contributed by atoms with E-state index in [0.717, 1.165) is 27.8 Å². The molecule has 2 aromatic carbocycles. The molecule has 0 bridgehead atoms. The fraction of sp³-hybridized carbons (Fsp3) is 0.150. The molecule has 2 aromatic heterocycles. The molecule has 0 unspecified atom stereocenters. The molecular weight excluding hydrogens is 328 g/mol. The van der Waals surface area contributed by atoms with Gasteiger partial charge in [0.15, 0.2) is 0 Å². The summed E-state index contributed by atoms with van der Waals surface area (Å²) in [5.41, 5.74) is 3.50. The Kier molecular flexibility index (Phi) is 4.01. The van der Waals surface area contributed by atoms with Crippen LogP contribution >= 0.6 is 0 Å². The number of amides is 1. The van der Waals surface area contributed by atoms with Crippen LogP contribution in [0.2, 0.25) is 0 Å². The number of aromatic nitrogens is 3. The zero-order valence-electron chi connectivity index (χ0n) is 14.6. The summed E-state index contributed by atoms with van der Waals surface area (Å²) < 4.78 is 7.48. The number of nitrogens with zero attached hydrogens (tertiary/aromatic N) is 3. The first kappa shape index (κ1) is 16.1. The van der Waals surface area contributed by atoms with Gasteiger partial charge in [-0.25, -0.2) is 0 Å².